The van der Waals surface area contributed by atoms with E-state index in [1.165, 1.54) is 6.08 Å². The third kappa shape index (κ3) is 12.4. The largest absolute Gasteiger partial charge is 0.463 e. The Labute approximate surface area is 347 Å². The van der Waals surface area contributed by atoms with Gasteiger partial charge in [-0.2, -0.15) is 0 Å². The minimum atomic E-state index is -2.11. The van der Waals surface area contributed by atoms with Crippen molar-refractivity contribution in [2.75, 3.05) is 85.6 Å². The number of hydrogen-bond acceptors (Lipinski definition) is 12. The molecule has 1 fully saturated rings. The molecule has 1 saturated heterocycles. The summed E-state index contributed by atoms with van der Waals surface area (Å²) in [7, 11) is 4.79. The zero-order chi connectivity index (χ0) is 41.6. The van der Waals surface area contributed by atoms with Crippen LogP contribution in [0.2, 0.25) is 0 Å². The van der Waals surface area contributed by atoms with Crippen molar-refractivity contribution in [3.05, 3.63) is 63.2 Å². The molecule has 15 nitrogen and oxygen atoms in total. The third-order valence-corrected chi connectivity index (χ3v) is 10.2. The summed E-state index contributed by atoms with van der Waals surface area (Å²) in [4.78, 5) is 71.1. The van der Waals surface area contributed by atoms with E-state index >= 15 is 0 Å². The minimum Gasteiger partial charge on any atom is -0.463 e. The number of nitrogens with one attached hydrogen (secondary N) is 1. The zero-order valence-electron chi connectivity index (χ0n) is 33.5. The Balaban J connectivity index is 1.44. The SMILES string of the molecule is COCCOCCOC(=O)C1(C(=O)OCCOCCOC)Cc2cc(C=CC(=O)N[C@H](C(=O)N3CCC[C@H]3C(=O)N(C)c3ccc(I)cc3)C(C)(C)C)ccc2O1. The predicted molar refractivity (Wildman–Crippen MR) is 219 cm³/mol. The smallest absolute Gasteiger partial charge is 0.362 e. The molecule has 0 saturated carbocycles. The van der Waals surface area contributed by atoms with Crippen molar-refractivity contribution in [1.29, 1.82) is 0 Å². The van der Waals surface area contributed by atoms with E-state index in [4.69, 9.17) is 33.2 Å². The standard InChI is InChI=1S/C41H54IN3O12/c1-40(2,3)35(37(48)45-17-7-8-32(45)36(47)44(4)31-13-11-30(42)12-14-31)43-34(46)16-10-28-9-15-33-29(26-28)27-41(57-33,38(49)55-24-22-53-20-18-51-5)39(50)56-25-23-54-21-19-52-6/h9-16,26,32,35H,7-8,17-25,27H2,1-6H3,(H,43,46)/t32-,35+/m0/s1. The second-order valence-electron chi connectivity index (χ2n) is 14.7. The molecule has 0 radical (unpaired) electrons. The maximum Gasteiger partial charge on any atom is 0.362 e. The molecule has 0 bridgehead atoms. The van der Waals surface area contributed by atoms with Gasteiger partial charge < -0.3 is 48.3 Å². The van der Waals surface area contributed by atoms with Gasteiger partial charge in [0.25, 0.3) is 0 Å². The molecule has 2 heterocycles. The number of fused-ring (bicyclic) bond motifs is 1. The van der Waals surface area contributed by atoms with Gasteiger partial charge in [0.1, 0.15) is 31.0 Å². The van der Waals surface area contributed by atoms with Gasteiger partial charge in [-0.15, -0.1) is 0 Å². The number of hydrogen-bond donors (Lipinski definition) is 1. The number of ether oxygens (including phenoxy) is 7. The van der Waals surface area contributed by atoms with Gasteiger partial charge in [0.2, 0.25) is 17.7 Å². The Morgan fingerprint density at radius 3 is 2.09 bits per heavy atom. The average Bonchev–Trinajstić information content (AvgIpc) is 3.84. The lowest BCUT2D eigenvalue weighted by Gasteiger charge is -2.36. The lowest BCUT2D eigenvalue weighted by Crippen LogP contribution is -2.57. The van der Waals surface area contributed by atoms with E-state index in [1.54, 1.807) is 55.3 Å². The van der Waals surface area contributed by atoms with Crippen molar-refractivity contribution in [2.24, 2.45) is 5.41 Å². The molecule has 2 aromatic carbocycles. The molecule has 0 spiro atoms. The van der Waals surface area contributed by atoms with E-state index in [0.717, 1.165) is 9.26 Å². The number of esters is 2. The lowest BCUT2D eigenvalue weighted by molar-refractivity contribution is -0.180. The monoisotopic (exact) mass is 907 g/mol. The van der Waals surface area contributed by atoms with Crippen LogP contribution in [0.5, 0.6) is 5.75 Å². The molecule has 2 atom stereocenters. The molecular weight excluding hydrogens is 853 g/mol. The Hall–Kier alpha value is -4.10. The average molecular weight is 908 g/mol. The predicted octanol–water partition coefficient (Wildman–Crippen LogP) is 3.58. The van der Waals surface area contributed by atoms with Crippen LogP contribution in [0.1, 0.15) is 44.7 Å². The number of anilines is 1. The summed E-state index contributed by atoms with van der Waals surface area (Å²) >= 11 is 2.20. The quantitative estimate of drug-likeness (QED) is 0.0676. The van der Waals surface area contributed by atoms with E-state index < -0.39 is 40.9 Å². The van der Waals surface area contributed by atoms with E-state index in [2.05, 4.69) is 27.9 Å². The highest BCUT2D eigenvalue weighted by Gasteiger charge is 2.56. The molecule has 0 aliphatic carbocycles. The first-order valence-electron chi connectivity index (χ1n) is 18.8. The Morgan fingerprint density at radius 2 is 1.51 bits per heavy atom. The lowest BCUT2D eigenvalue weighted by atomic mass is 9.85. The summed E-state index contributed by atoms with van der Waals surface area (Å²) < 4.78 is 38.5. The van der Waals surface area contributed by atoms with Crippen molar-refractivity contribution in [2.45, 2.75) is 57.7 Å². The second kappa shape index (κ2) is 21.6. The summed E-state index contributed by atoms with van der Waals surface area (Å²) in [6.07, 6.45) is 3.87. The van der Waals surface area contributed by atoms with Crippen molar-refractivity contribution in [3.8, 4) is 5.75 Å². The first-order chi connectivity index (χ1) is 27.2. The number of nitrogens with zero attached hydrogens (tertiary/aromatic N) is 2. The molecule has 2 aliphatic heterocycles. The number of methoxy groups -OCH3 is 2. The van der Waals surface area contributed by atoms with Crippen LogP contribution in [0, 0.1) is 8.99 Å². The number of benzene rings is 2. The van der Waals surface area contributed by atoms with Crippen molar-refractivity contribution < 1.29 is 57.1 Å². The second-order valence-corrected chi connectivity index (χ2v) is 15.9. The summed E-state index contributed by atoms with van der Waals surface area (Å²) in [5.74, 6) is -2.62. The Kier molecular flexibility index (Phi) is 17.3. The molecule has 2 aromatic rings. The molecule has 4 rings (SSSR count). The van der Waals surface area contributed by atoms with Crippen LogP contribution >= 0.6 is 22.6 Å². The number of halogens is 1. The molecule has 1 N–H and O–H groups in total. The van der Waals surface area contributed by atoms with Gasteiger partial charge in [-0.1, -0.05) is 26.8 Å². The molecule has 3 amide bonds. The van der Waals surface area contributed by atoms with Crippen molar-refractivity contribution in [3.63, 3.8) is 0 Å². The van der Waals surface area contributed by atoms with Crippen LogP contribution in [0.25, 0.3) is 6.08 Å². The molecule has 57 heavy (non-hydrogen) atoms. The van der Waals surface area contributed by atoms with Gasteiger partial charge in [-0.05, 0) is 88.9 Å². The first kappa shape index (κ1) is 45.6. The van der Waals surface area contributed by atoms with Crippen LogP contribution in [-0.4, -0.2) is 133 Å². The Morgan fingerprint density at radius 1 is 0.912 bits per heavy atom. The fourth-order valence-electron chi connectivity index (χ4n) is 6.33. The van der Waals surface area contributed by atoms with Crippen LogP contribution in [-0.2, 0) is 58.8 Å². The van der Waals surface area contributed by atoms with E-state index in [0.29, 0.717) is 56.9 Å². The van der Waals surface area contributed by atoms with Gasteiger partial charge in [0.15, 0.2) is 0 Å². The highest BCUT2D eigenvalue weighted by molar-refractivity contribution is 14.1. The number of rotatable bonds is 20. The van der Waals surface area contributed by atoms with Crippen molar-refractivity contribution in [1.82, 2.24) is 10.2 Å². The number of carbonyl (C=O) groups excluding carboxylic acids is 5. The number of likely N-dealkylation sites (tertiary alicyclic amines) is 1. The summed E-state index contributed by atoms with van der Waals surface area (Å²) in [5.41, 5.74) is -0.964. The summed E-state index contributed by atoms with van der Waals surface area (Å²) in [6, 6.07) is 10.9. The fraction of sp³-hybridized carbons (Fsp3) is 0.537. The maximum absolute atomic E-state index is 14.1. The van der Waals surface area contributed by atoms with Crippen LogP contribution in [0.4, 0.5) is 5.69 Å². The fourth-order valence-corrected chi connectivity index (χ4v) is 6.69. The molecule has 16 heteroatoms. The van der Waals surface area contributed by atoms with E-state index in [9.17, 15) is 24.0 Å². The van der Waals surface area contributed by atoms with Gasteiger partial charge in [0, 0.05) is 55.1 Å². The normalized spacial score (nSPS) is 16.5. The van der Waals surface area contributed by atoms with E-state index in [-0.39, 0.29) is 50.4 Å². The number of carbonyl (C=O) groups is 5. The first-order valence-corrected chi connectivity index (χ1v) is 19.9. The Bertz CT molecular complexity index is 1700. The topological polar surface area (TPSA) is 168 Å². The zero-order valence-corrected chi connectivity index (χ0v) is 35.7. The van der Waals surface area contributed by atoms with Crippen LogP contribution in [0.15, 0.2) is 48.5 Å². The molecule has 2 aliphatic rings. The number of likely N-dealkylation sites (N-methyl/N-ethyl adjacent to an activating group) is 1. The maximum atomic E-state index is 14.1. The molecule has 0 aromatic heterocycles. The van der Waals surface area contributed by atoms with Crippen molar-refractivity contribution >= 4 is 64.0 Å². The van der Waals surface area contributed by atoms with Crippen LogP contribution < -0.4 is 15.0 Å². The summed E-state index contributed by atoms with van der Waals surface area (Å²) in [6.45, 7) is 7.24. The van der Waals surface area contributed by atoms with Gasteiger partial charge in [0.05, 0.1) is 39.6 Å². The molecule has 0 unspecified atom stereocenters. The summed E-state index contributed by atoms with van der Waals surface area (Å²) in [5, 5.41) is 2.87. The molecule has 312 valence electrons. The van der Waals surface area contributed by atoms with Gasteiger partial charge in [-0.25, -0.2) is 9.59 Å². The highest BCUT2D eigenvalue weighted by atomic mass is 127. The minimum absolute atomic E-state index is 0.0844. The van der Waals surface area contributed by atoms with E-state index in [1.807, 2.05) is 45.0 Å². The highest BCUT2D eigenvalue weighted by Crippen LogP contribution is 2.38. The molecular formula is C41H54IN3O12. The van der Waals surface area contributed by atoms with Crippen LogP contribution in [0.3, 0.4) is 0 Å². The third-order valence-electron chi connectivity index (χ3n) is 9.45. The van der Waals surface area contributed by atoms with Gasteiger partial charge >= 0.3 is 17.5 Å². The van der Waals surface area contributed by atoms with Gasteiger partial charge in [-0.3, -0.25) is 14.4 Å². The number of amides is 3.